The molecule has 1 aromatic rings. The lowest BCUT2D eigenvalue weighted by Crippen LogP contribution is -2.38. The highest BCUT2D eigenvalue weighted by Crippen LogP contribution is 2.37. The molecule has 0 bridgehead atoms. The zero-order valence-electron chi connectivity index (χ0n) is 13.0. The lowest BCUT2D eigenvalue weighted by Gasteiger charge is -2.33. The zero-order valence-corrected chi connectivity index (χ0v) is 13.0. The molecule has 0 aromatic heterocycles. The monoisotopic (exact) mass is 276 g/mol. The first-order valence-electron chi connectivity index (χ1n) is 7.72. The quantitative estimate of drug-likeness (QED) is 0.793. The Labute approximate surface area is 123 Å². The molecular weight excluding hydrogens is 248 g/mol. The van der Waals surface area contributed by atoms with Gasteiger partial charge in [-0.15, -0.1) is 0 Å². The SMILES string of the molecule is COCCN(c1ccccc1CC(C)N)C(C)C1CC1. The van der Waals surface area contributed by atoms with Crippen LogP contribution in [0.25, 0.3) is 0 Å². The van der Waals surface area contributed by atoms with Gasteiger partial charge in [-0.05, 0) is 50.7 Å². The van der Waals surface area contributed by atoms with Gasteiger partial charge in [0.2, 0.25) is 0 Å². The summed E-state index contributed by atoms with van der Waals surface area (Å²) in [4.78, 5) is 2.51. The summed E-state index contributed by atoms with van der Waals surface area (Å²) in [7, 11) is 1.77. The third-order valence-corrected chi connectivity index (χ3v) is 4.18. The maximum Gasteiger partial charge on any atom is 0.0637 e. The maximum absolute atomic E-state index is 6.00. The van der Waals surface area contributed by atoms with Crippen LogP contribution in [0.2, 0.25) is 0 Å². The third kappa shape index (κ3) is 3.97. The highest BCUT2D eigenvalue weighted by molar-refractivity contribution is 5.55. The van der Waals surface area contributed by atoms with E-state index in [1.54, 1.807) is 7.11 Å². The average Bonchev–Trinajstić information content (AvgIpc) is 3.24. The summed E-state index contributed by atoms with van der Waals surface area (Å²) < 4.78 is 5.30. The van der Waals surface area contributed by atoms with Crippen LogP contribution >= 0.6 is 0 Å². The number of methoxy groups -OCH3 is 1. The predicted octanol–water partition coefficient (Wildman–Crippen LogP) is 2.83. The fourth-order valence-electron chi connectivity index (χ4n) is 2.88. The van der Waals surface area contributed by atoms with Crippen molar-refractivity contribution in [1.29, 1.82) is 0 Å². The molecule has 0 spiro atoms. The molecule has 1 saturated carbocycles. The van der Waals surface area contributed by atoms with Crippen LogP contribution in [-0.2, 0) is 11.2 Å². The van der Waals surface area contributed by atoms with Crippen LogP contribution in [-0.4, -0.2) is 32.3 Å². The first kappa shape index (κ1) is 15.3. The lowest BCUT2D eigenvalue weighted by molar-refractivity contribution is 0.202. The molecule has 2 N–H and O–H groups in total. The van der Waals surface area contributed by atoms with Gasteiger partial charge in [0.05, 0.1) is 6.61 Å². The predicted molar refractivity (Wildman–Crippen MR) is 85.2 cm³/mol. The van der Waals surface area contributed by atoms with Gasteiger partial charge < -0.3 is 15.4 Å². The normalized spacial score (nSPS) is 17.8. The Morgan fingerprint density at radius 3 is 2.60 bits per heavy atom. The molecule has 2 atom stereocenters. The van der Waals surface area contributed by atoms with Gasteiger partial charge in [0.25, 0.3) is 0 Å². The van der Waals surface area contributed by atoms with Crippen molar-refractivity contribution in [3.63, 3.8) is 0 Å². The number of anilines is 1. The van der Waals surface area contributed by atoms with E-state index in [1.165, 1.54) is 24.1 Å². The van der Waals surface area contributed by atoms with Crippen molar-refractivity contribution in [2.24, 2.45) is 11.7 Å². The van der Waals surface area contributed by atoms with E-state index in [1.807, 2.05) is 0 Å². The van der Waals surface area contributed by atoms with E-state index in [0.717, 1.165) is 25.5 Å². The van der Waals surface area contributed by atoms with Gasteiger partial charge >= 0.3 is 0 Å². The number of hydrogen-bond acceptors (Lipinski definition) is 3. The number of ether oxygens (including phenoxy) is 1. The highest BCUT2D eigenvalue weighted by atomic mass is 16.5. The fourth-order valence-corrected chi connectivity index (χ4v) is 2.88. The molecule has 0 radical (unpaired) electrons. The third-order valence-electron chi connectivity index (χ3n) is 4.18. The van der Waals surface area contributed by atoms with Gasteiger partial charge in [-0.25, -0.2) is 0 Å². The summed E-state index contributed by atoms with van der Waals surface area (Å²) >= 11 is 0. The molecule has 2 unspecified atom stereocenters. The van der Waals surface area contributed by atoms with Crippen LogP contribution in [0.1, 0.15) is 32.3 Å². The van der Waals surface area contributed by atoms with Crippen molar-refractivity contribution in [3.05, 3.63) is 29.8 Å². The zero-order chi connectivity index (χ0) is 14.5. The molecule has 1 aliphatic rings. The Morgan fingerprint density at radius 1 is 1.30 bits per heavy atom. The first-order chi connectivity index (χ1) is 9.63. The molecule has 1 aliphatic carbocycles. The van der Waals surface area contributed by atoms with E-state index >= 15 is 0 Å². The molecule has 2 rings (SSSR count). The van der Waals surface area contributed by atoms with E-state index in [0.29, 0.717) is 6.04 Å². The molecular formula is C17H28N2O. The molecule has 0 heterocycles. The number of nitrogens with two attached hydrogens (primary N) is 1. The van der Waals surface area contributed by atoms with Gasteiger partial charge in [0.15, 0.2) is 0 Å². The van der Waals surface area contributed by atoms with Crippen LogP contribution < -0.4 is 10.6 Å². The Hall–Kier alpha value is -1.06. The van der Waals surface area contributed by atoms with E-state index < -0.39 is 0 Å². The summed E-state index contributed by atoms with van der Waals surface area (Å²) in [6.45, 7) is 6.13. The van der Waals surface area contributed by atoms with Gasteiger partial charge in [0.1, 0.15) is 0 Å². The minimum Gasteiger partial charge on any atom is -0.383 e. The number of benzene rings is 1. The molecule has 0 saturated heterocycles. The molecule has 112 valence electrons. The molecule has 3 heteroatoms. The number of hydrogen-bond donors (Lipinski definition) is 1. The van der Waals surface area contributed by atoms with Gasteiger partial charge in [-0.3, -0.25) is 0 Å². The summed E-state index contributed by atoms with van der Waals surface area (Å²) in [6.07, 6.45) is 3.65. The molecule has 3 nitrogen and oxygen atoms in total. The van der Waals surface area contributed by atoms with Crippen molar-refractivity contribution in [2.75, 3.05) is 25.2 Å². The second-order valence-corrected chi connectivity index (χ2v) is 6.07. The minimum atomic E-state index is 0.191. The number of nitrogens with zero attached hydrogens (tertiary/aromatic N) is 1. The molecule has 20 heavy (non-hydrogen) atoms. The van der Waals surface area contributed by atoms with Crippen molar-refractivity contribution in [3.8, 4) is 0 Å². The van der Waals surface area contributed by atoms with Crippen LogP contribution in [0.4, 0.5) is 5.69 Å². The summed E-state index contributed by atoms with van der Waals surface area (Å²) in [5, 5.41) is 0. The molecule has 1 aromatic carbocycles. The minimum absolute atomic E-state index is 0.191. The van der Waals surface area contributed by atoms with E-state index in [4.69, 9.17) is 10.5 Å². The lowest BCUT2D eigenvalue weighted by atomic mass is 10.0. The standard InChI is InChI=1S/C17H28N2O/c1-13(18)12-16-6-4-5-7-17(16)19(10-11-20-3)14(2)15-8-9-15/h4-7,13-15H,8-12,18H2,1-3H3. The van der Waals surface area contributed by atoms with Gasteiger partial charge in [-0.2, -0.15) is 0 Å². The van der Waals surface area contributed by atoms with E-state index in [-0.39, 0.29) is 6.04 Å². The molecule has 0 aliphatic heterocycles. The number of rotatable bonds is 8. The fraction of sp³-hybridized carbons (Fsp3) is 0.647. The Balaban J connectivity index is 2.22. The van der Waals surface area contributed by atoms with Crippen LogP contribution in [0.15, 0.2) is 24.3 Å². The van der Waals surface area contributed by atoms with E-state index in [9.17, 15) is 0 Å². The largest absolute Gasteiger partial charge is 0.383 e. The van der Waals surface area contributed by atoms with Crippen LogP contribution in [0.3, 0.4) is 0 Å². The second-order valence-electron chi connectivity index (χ2n) is 6.07. The topological polar surface area (TPSA) is 38.5 Å². The molecule has 0 amide bonds. The van der Waals surface area contributed by atoms with Crippen molar-refractivity contribution < 1.29 is 4.74 Å². The summed E-state index contributed by atoms with van der Waals surface area (Å²) in [6, 6.07) is 9.44. The van der Waals surface area contributed by atoms with Crippen molar-refractivity contribution in [2.45, 2.75) is 45.2 Å². The van der Waals surface area contributed by atoms with Crippen LogP contribution in [0, 0.1) is 5.92 Å². The average molecular weight is 276 g/mol. The Kier molecular flexibility index (Phi) is 5.44. The summed E-state index contributed by atoms with van der Waals surface area (Å²) in [5.41, 5.74) is 8.69. The van der Waals surface area contributed by atoms with Gasteiger partial charge in [0, 0.05) is 31.4 Å². The smallest absolute Gasteiger partial charge is 0.0637 e. The second kappa shape index (κ2) is 7.09. The van der Waals surface area contributed by atoms with Crippen molar-refractivity contribution in [1.82, 2.24) is 0 Å². The highest BCUT2D eigenvalue weighted by Gasteiger charge is 2.32. The first-order valence-corrected chi connectivity index (χ1v) is 7.72. The summed E-state index contributed by atoms with van der Waals surface area (Å²) in [5.74, 6) is 0.843. The van der Waals surface area contributed by atoms with Gasteiger partial charge in [-0.1, -0.05) is 18.2 Å². The van der Waals surface area contributed by atoms with E-state index in [2.05, 4.69) is 43.0 Å². The molecule has 1 fully saturated rings. The number of para-hydroxylation sites is 1. The Morgan fingerprint density at radius 2 is 2.00 bits per heavy atom. The Bertz CT molecular complexity index is 415. The maximum atomic E-state index is 6.00. The van der Waals surface area contributed by atoms with Crippen molar-refractivity contribution >= 4 is 5.69 Å². The van der Waals surface area contributed by atoms with Crippen LogP contribution in [0.5, 0.6) is 0 Å².